The molecule has 1 aliphatic rings. The van der Waals surface area contributed by atoms with E-state index in [1.165, 1.54) is 25.7 Å². The fraction of sp³-hybridized carbons (Fsp3) is 0.667. The topological polar surface area (TPSA) is 29.0 Å². The molecular formula is C12H18ClN3. The van der Waals surface area contributed by atoms with Crippen molar-refractivity contribution in [2.75, 3.05) is 11.4 Å². The number of aryl methyl sites for hydroxylation is 1. The number of hydrogen-bond donors (Lipinski definition) is 0. The summed E-state index contributed by atoms with van der Waals surface area (Å²) >= 11 is 5.98. The van der Waals surface area contributed by atoms with E-state index in [2.05, 4.69) is 21.8 Å². The lowest BCUT2D eigenvalue weighted by atomic mass is 10.0. The van der Waals surface area contributed by atoms with Gasteiger partial charge in [-0.05, 0) is 32.6 Å². The van der Waals surface area contributed by atoms with E-state index in [9.17, 15) is 0 Å². The van der Waals surface area contributed by atoms with Crippen LogP contribution in [0.2, 0.25) is 5.15 Å². The Bertz CT molecular complexity index is 347. The molecule has 0 saturated carbocycles. The zero-order valence-corrected chi connectivity index (χ0v) is 10.7. The molecule has 16 heavy (non-hydrogen) atoms. The van der Waals surface area contributed by atoms with Crippen LogP contribution in [0.1, 0.15) is 38.4 Å². The molecule has 4 heteroatoms. The largest absolute Gasteiger partial charge is 0.353 e. The monoisotopic (exact) mass is 239 g/mol. The molecule has 0 bridgehead atoms. The number of piperidine rings is 1. The van der Waals surface area contributed by atoms with Gasteiger partial charge in [0.15, 0.2) is 0 Å². The second kappa shape index (κ2) is 5.00. The smallest absolute Gasteiger partial charge is 0.134 e. The van der Waals surface area contributed by atoms with E-state index in [-0.39, 0.29) is 0 Å². The average molecular weight is 240 g/mol. The van der Waals surface area contributed by atoms with Gasteiger partial charge in [0.1, 0.15) is 16.8 Å². The Labute approximate surface area is 102 Å². The average Bonchev–Trinajstić information content (AvgIpc) is 2.27. The lowest BCUT2D eigenvalue weighted by molar-refractivity contribution is 0.446. The molecule has 1 aliphatic heterocycles. The maximum atomic E-state index is 5.98. The third-order valence-corrected chi connectivity index (χ3v) is 3.38. The van der Waals surface area contributed by atoms with Crippen LogP contribution in [-0.2, 0) is 0 Å². The fourth-order valence-electron chi connectivity index (χ4n) is 2.39. The second-order valence-corrected chi connectivity index (χ2v) is 4.73. The zero-order valence-electron chi connectivity index (χ0n) is 9.91. The number of rotatable bonds is 2. The Morgan fingerprint density at radius 3 is 2.94 bits per heavy atom. The third-order valence-electron chi connectivity index (χ3n) is 3.19. The lowest BCUT2D eigenvalue weighted by Gasteiger charge is -2.36. The molecule has 1 unspecified atom stereocenters. The summed E-state index contributed by atoms with van der Waals surface area (Å²) in [7, 11) is 0. The molecule has 0 N–H and O–H groups in total. The van der Waals surface area contributed by atoms with E-state index in [0.717, 1.165) is 18.2 Å². The normalized spacial score (nSPS) is 21.2. The number of halogens is 1. The highest BCUT2D eigenvalue weighted by atomic mass is 35.5. The van der Waals surface area contributed by atoms with Crippen molar-refractivity contribution in [1.29, 1.82) is 0 Å². The van der Waals surface area contributed by atoms with Crippen LogP contribution in [0.15, 0.2) is 6.07 Å². The molecule has 0 aliphatic carbocycles. The van der Waals surface area contributed by atoms with Gasteiger partial charge in [0.05, 0.1) is 0 Å². The highest BCUT2D eigenvalue weighted by molar-refractivity contribution is 6.29. The minimum Gasteiger partial charge on any atom is -0.353 e. The molecule has 1 fully saturated rings. The quantitative estimate of drug-likeness (QED) is 0.743. The summed E-state index contributed by atoms with van der Waals surface area (Å²) in [6.07, 6.45) is 5.00. The first kappa shape index (κ1) is 11.6. The van der Waals surface area contributed by atoms with Crippen LogP contribution in [0.3, 0.4) is 0 Å². The Kier molecular flexibility index (Phi) is 3.64. The summed E-state index contributed by atoms with van der Waals surface area (Å²) in [5, 5.41) is 0.544. The predicted molar refractivity (Wildman–Crippen MR) is 67.1 cm³/mol. The minimum atomic E-state index is 0.544. The van der Waals surface area contributed by atoms with Gasteiger partial charge >= 0.3 is 0 Å². The van der Waals surface area contributed by atoms with Crippen molar-refractivity contribution in [3.05, 3.63) is 17.0 Å². The van der Waals surface area contributed by atoms with Gasteiger partial charge in [-0.3, -0.25) is 0 Å². The van der Waals surface area contributed by atoms with Crippen LogP contribution in [0.4, 0.5) is 5.82 Å². The molecular weight excluding hydrogens is 222 g/mol. The van der Waals surface area contributed by atoms with Gasteiger partial charge in [-0.25, -0.2) is 9.97 Å². The number of aromatic nitrogens is 2. The van der Waals surface area contributed by atoms with Gasteiger partial charge in [-0.1, -0.05) is 18.5 Å². The van der Waals surface area contributed by atoms with Gasteiger partial charge in [0, 0.05) is 18.7 Å². The fourth-order valence-corrected chi connectivity index (χ4v) is 2.61. The van der Waals surface area contributed by atoms with Gasteiger partial charge in [0.25, 0.3) is 0 Å². The Morgan fingerprint density at radius 1 is 1.44 bits per heavy atom. The van der Waals surface area contributed by atoms with Crippen molar-refractivity contribution in [2.24, 2.45) is 0 Å². The van der Waals surface area contributed by atoms with Crippen LogP contribution >= 0.6 is 11.6 Å². The number of hydrogen-bond acceptors (Lipinski definition) is 3. The van der Waals surface area contributed by atoms with E-state index in [4.69, 9.17) is 11.6 Å². The first-order chi connectivity index (χ1) is 7.70. The Morgan fingerprint density at radius 2 is 2.25 bits per heavy atom. The molecule has 0 aromatic carbocycles. The lowest BCUT2D eigenvalue weighted by Crippen LogP contribution is -2.39. The second-order valence-electron chi connectivity index (χ2n) is 4.35. The zero-order chi connectivity index (χ0) is 11.5. The van der Waals surface area contributed by atoms with Crippen molar-refractivity contribution in [1.82, 2.24) is 9.97 Å². The van der Waals surface area contributed by atoms with Crippen LogP contribution in [0.5, 0.6) is 0 Å². The van der Waals surface area contributed by atoms with E-state index in [1.807, 2.05) is 13.0 Å². The molecule has 1 atom stereocenters. The van der Waals surface area contributed by atoms with Gasteiger partial charge in [0.2, 0.25) is 0 Å². The van der Waals surface area contributed by atoms with Crippen LogP contribution < -0.4 is 4.90 Å². The molecule has 3 nitrogen and oxygen atoms in total. The third kappa shape index (κ3) is 2.46. The summed E-state index contributed by atoms with van der Waals surface area (Å²) in [5.74, 6) is 1.74. The van der Waals surface area contributed by atoms with Crippen molar-refractivity contribution in [2.45, 2.75) is 45.6 Å². The highest BCUT2D eigenvalue weighted by Gasteiger charge is 2.22. The Hall–Kier alpha value is -0.830. The molecule has 0 radical (unpaired) electrons. The van der Waals surface area contributed by atoms with Crippen molar-refractivity contribution >= 4 is 17.4 Å². The van der Waals surface area contributed by atoms with Crippen molar-refractivity contribution in [3.63, 3.8) is 0 Å². The number of nitrogens with zero attached hydrogens (tertiary/aromatic N) is 3. The summed E-state index contributed by atoms with van der Waals surface area (Å²) in [6, 6.07) is 2.49. The SMILES string of the molecule is CCC1CCCCN1c1cc(Cl)nc(C)n1. The molecule has 2 heterocycles. The Balaban J connectivity index is 2.26. The van der Waals surface area contributed by atoms with E-state index < -0.39 is 0 Å². The molecule has 0 spiro atoms. The van der Waals surface area contributed by atoms with Gasteiger partial charge < -0.3 is 4.90 Å². The highest BCUT2D eigenvalue weighted by Crippen LogP contribution is 2.26. The van der Waals surface area contributed by atoms with Crippen molar-refractivity contribution < 1.29 is 0 Å². The summed E-state index contributed by atoms with van der Waals surface area (Å²) < 4.78 is 0. The van der Waals surface area contributed by atoms with Crippen molar-refractivity contribution in [3.8, 4) is 0 Å². The minimum absolute atomic E-state index is 0.544. The van der Waals surface area contributed by atoms with Crippen LogP contribution in [0, 0.1) is 6.92 Å². The van der Waals surface area contributed by atoms with Crippen LogP contribution in [0.25, 0.3) is 0 Å². The molecule has 2 rings (SSSR count). The molecule has 0 amide bonds. The molecule has 1 aromatic heterocycles. The molecule has 1 aromatic rings. The summed E-state index contributed by atoms with van der Waals surface area (Å²) in [6.45, 7) is 5.21. The first-order valence-corrected chi connectivity index (χ1v) is 6.36. The summed E-state index contributed by atoms with van der Waals surface area (Å²) in [5.41, 5.74) is 0. The maximum Gasteiger partial charge on any atom is 0.134 e. The van der Waals surface area contributed by atoms with E-state index in [0.29, 0.717) is 11.2 Å². The van der Waals surface area contributed by atoms with Crippen LogP contribution in [-0.4, -0.2) is 22.6 Å². The maximum absolute atomic E-state index is 5.98. The van der Waals surface area contributed by atoms with E-state index >= 15 is 0 Å². The van der Waals surface area contributed by atoms with E-state index in [1.54, 1.807) is 0 Å². The first-order valence-electron chi connectivity index (χ1n) is 5.98. The predicted octanol–water partition coefficient (Wildman–Crippen LogP) is 3.21. The summed E-state index contributed by atoms with van der Waals surface area (Å²) in [4.78, 5) is 11.0. The number of anilines is 1. The van der Waals surface area contributed by atoms with Gasteiger partial charge in [-0.2, -0.15) is 0 Å². The van der Waals surface area contributed by atoms with Gasteiger partial charge in [-0.15, -0.1) is 0 Å². The molecule has 1 saturated heterocycles. The standard InChI is InChI=1S/C12H18ClN3/c1-3-10-6-4-5-7-16(10)12-8-11(13)14-9(2)15-12/h8,10H,3-7H2,1-2H3. The molecule has 88 valence electrons.